The third-order valence-corrected chi connectivity index (χ3v) is 8.56. The van der Waals surface area contributed by atoms with Crippen molar-refractivity contribution in [3.8, 4) is 11.1 Å². The number of hydrogen-bond acceptors (Lipinski definition) is 2. The highest BCUT2D eigenvalue weighted by molar-refractivity contribution is 6.64. The second kappa shape index (κ2) is 7.81. The lowest BCUT2D eigenvalue weighted by atomic mass is 9.65. The molecule has 0 amide bonds. The third kappa shape index (κ3) is 3.18. The zero-order chi connectivity index (χ0) is 24.4. The first-order valence-electron chi connectivity index (χ1n) is 12.8. The fourth-order valence-electron chi connectivity index (χ4n) is 6.01. The largest absolute Gasteiger partial charge is 0.495 e. The van der Waals surface area contributed by atoms with Crippen molar-refractivity contribution in [2.24, 2.45) is 5.92 Å². The van der Waals surface area contributed by atoms with Gasteiger partial charge in [0.05, 0.1) is 16.6 Å². The van der Waals surface area contributed by atoms with Crippen molar-refractivity contribution in [3.05, 3.63) is 113 Å². The molecule has 6 rings (SSSR count). The van der Waals surface area contributed by atoms with Gasteiger partial charge < -0.3 is 9.31 Å². The van der Waals surface area contributed by atoms with E-state index in [1.54, 1.807) is 0 Å². The van der Waals surface area contributed by atoms with Crippen molar-refractivity contribution in [2.45, 2.75) is 57.7 Å². The Balaban J connectivity index is 1.66. The predicted octanol–water partition coefficient (Wildman–Crippen LogP) is 6.82. The number of rotatable bonds is 3. The molecule has 0 radical (unpaired) electrons. The van der Waals surface area contributed by atoms with Crippen molar-refractivity contribution in [3.63, 3.8) is 0 Å². The number of fused-ring (bicyclic) bond motifs is 3. The van der Waals surface area contributed by atoms with Crippen LogP contribution in [-0.4, -0.2) is 18.3 Å². The molecule has 1 saturated heterocycles. The van der Waals surface area contributed by atoms with Gasteiger partial charge in [-0.3, -0.25) is 0 Å². The van der Waals surface area contributed by atoms with Crippen molar-refractivity contribution < 1.29 is 9.31 Å². The summed E-state index contributed by atoms with van der Waals surface area (Å²) in [6, 6.07) is 26.6. The van der Waals surface area contributed by atoms with Crippen molar-refractivity contribution in [1.29, 1.82) is 0 Å². The average Bonchev–Trinajstić information content (AvgIpc) is 3.27. The molecule has 3 aromatic carbocycles. The van der Waals surface area contributed by atoms with Crippen LogP contribution in [0.3, 0.4) is 0 Å². The topological polar surface area (TPSA) is 18.5 Å². The first-order valence-corrected chi connectivity index (χ1v) is 12.8. The Hall–Kier alpha value is -2.88. The van der Waals surface area contributed by atoms with E-state index in [2.05, 4.69) is 126 Å². The Morgan fingerprint density at radius 2 is 1.43 bits per heavy atom. The van der Waals surface area contributed by atoms with E-state index in [0.717, 1.165) is 11.9 Å². The summed E-state index contributed by atoms with van der Waals surface area (Å²) in [7, 11) is -0.412. The highest BCUT2D eigenvalue weighted by atomic mass is 16.7. The van der Waals surface area contributed by atoms with Gasteiger partial charge in [0.2, 0.25) is 0 Å². The molecule has 0 spiro atoms. The van der Waals surface area contributed by atoms with E-state index in [4.69, 9.17) is 9.31 Å². The summed E-state index contributed by atoms with van der Waals surface area (Å²) < 4.78 is 13.1. The van der Waals surface area contributed by atoms with Gasteiger partial charge in [-0.05, 0) is 78.9 Å². The summed E-state index contributed by atoms with van der Waals surface area (Å²) in [5.74, 6) is 0.554. The normalized spacial score (nSPS) is 25.8. The maximum Gasteiger partial charge on any atom is 0.495 e. The third-order valence-electron chi connectivity index (χ3n) is 8.56. The zero-order valence-corrected chi connectivity index (χ0v) is 21.3. The minimum atomic E-state index is -0.412. The van der Waals surface area contributed by atoms with Crippen molar-refractivity contribution in [1.82, 2.24) is 0 Å². The molecule has 0 bridgehead atoms. The molecule has 1 fully saturated rings. The van der Waals surface area contributed by atoms with Gasteiger partial charge in [-0.1, -0.05) is 97.9 Å². The Bertz CT molecular complexity index is 1330. The molecule has 0 aromatic heterocycles. The minimum Gasteiger partial charge on any atom is -0.399 e. The SMILES string of the molecule is CC1C=CC(C2(c3ccccc3)c3ccccc3-c3c(B4OC(C)(C)C(C)(C)O4)cccc32)=CC1. The molecule has 2 unspecified atom stereocenters. The van der Waals surface area contributed by atoms with Crippen LogP contribution in [-0.2, 0) is 14.7 Å². The quantitative estimate of drug-likeness (QED) is 0.399. The van der Waals surface area contributed by atoms with Crippen molar-refractivity contribution in [2.75, 3.05) is 0 Å². The Morgan fingerprint density at radius 3 is 2.11 bits per heavy atom. The zero-order valence-electron chi connectivity index (χ0n) is 21.3. The Labute approximate surface area is 209 Å². The first kappa shape index (κ1) is 22.6. The molecule has 1 heterocycles. The summed E-state index contributed by atoms with van der Waals surface area (Å²) in [6.45, 7) is 10.8. The number of hydrogen-bond donors (Lipinski definition) is 0. The lowest BCUT2D eigenvalue weighted by Gasteiger charge is -2.36. The van der Waals surface area contributed by atoms with Gasteiger partial charge in [0.25, 0.3) is 0 Å². The maximum absolute atomic E-state index is 6.57. The van der Waals surface area contributed by atoms with Crippen LogP contribution in [0.5, 0.6) is 0 Å². The van der Waals surface area contributed by atoms with Crippen LogP contribution >= 0.6 is 0 Å². The van der Waals surface area contributed by atoms with Gasteiger partial charge in [0, 0.05) is 0 Å². The molecular formula is C32H33BO2. The molecule has 0 N–H and O–H groups in total. The predicted molar refractivity (Wildman–Crippen MR) is 145 cm³/mol. The second-order valence-electron chi connectivity index (χ2n) is 11.3. The number of benzene rings is 3. The van der Waals surface area contributed by atoms with Gasteiger partial charge in [-0.2, -0.15) is 0 Å². The fraction of sp³-hybridized carbons (Fsp3) is 0.312. The molecule has 1 aliphatic heterocycles. The van der Waals surface area contributed by atoms with Crippen LogP contribution in [0.1, 0.15) is 57.7 Å². The fourth-order valence-corrected chi connectivity index (χ4v) is 6.01. The molecule has 176 valence electrons. The monoisotopic (exact) mass is 460 g/mol. The molecule has 3 aliphatic rings. The lowest BCUT2D eigenvalue weighted by Crippen LogP contribution is -2.41. The smallest absolute Gasteiger partial charge is 0.399 e. The number of allylic oxidation sites excluding steroid dienone is 4. The molecule has 2 aliphatic carbocycles. The van der Waals surface area contributed by atoms with Crippen molar-refractivity contribution >= 4 is 12.6 Å². The molecule has 2 atom stereocenters. The average molecular weight is 460 g/mol. The molecule has 3 aromatic rings. The standard InChI is InChI=1S/C32H33BO2/c1-22-18-20-24(21-19-22)32(23-12-7-6-8-13-23)26-15-10-9-14-25(26)29-27(32)16-11-17-28(29)33-34-30(2,3)31(4,5)35-33/h6-18,20-22H,19H2,1-5H3. The van der Waals surface area contributed by atoms with Gasteiger partial charge in [-0.25, -0.2) is 0 Å². The van der Waals surface area contributed by atoms with E-state index in [0.29, 0.717) is 5.92 Å². The van der Waals surface area contributed by atoms with E-state index in [1.807, 2.05) is 0 Å². The van der Waals surface area contributed by atoms with E-state index >= 15 is 0 Å². The molecule has 35 heavy (non-hydrogen) atoms. The summed E-state index contributed by atoms with van der Waals surface area (Å²) in [4.78, 5) is 0. The summed E-state index contributed by atoms with van der Waals surface area (Å²) in [5, 5.41) is 0. The highest BCUT2D eigenvalue weighted by Crippen LogP contribution is 2.57. The molecule has 2 nitrogen and oxygen atoms in total. The van der Waals surface area contributed by atoms with E-state index in [-0.39, 0.29) is 16.6 Å². The van der Waals surface area contributed by atoms with Crippen LogP contribution in [0.25, 0.3) is 11.1 Å². The van der Waals surface area contributed by atoms with E-state index in [1.165, 1.54) is 33.4 Å². The molecule has 3 heteroatoms. The van der Waals surface area contributed by atoms with Crippen LogP contribution in [0.15, 0.2) is 96.6 Å². The first-order chi connectivity index (χ1) is 16.8. The van der Waals surface area contributed by atoms with Gasteiger partial charge >= 0.3 is 7.12 Å². The van der Waals surface area contributed by atoms with Gasteiger partial charge in [0.1, 0.15) is 0 Å². The second-order valence-corrected chi connectivity index (χ2v) is 11.3. The summed E-state index contributed by atoms with van der Waals surface area (Å²) >= 11 is 0. The van der Waals surface area contributed by atoms with E-state index in [9.17, 15) is 0 Å². The minimum absolute atomic E-state index is 0.372. The summed E-state index contributed by atoms with van der Waals surface area (Å²) in [6.07, 6.45) is 8.22. The van der Waals surface area contributed by atoms with Crippen LogP contribution in [0.4, 0.5) is 0 Å². The highest BCUT2D eigenvalue weighted by Gasteiger charge is 2.54. The van der Waals surface area contributed by atoms with Gasteiger partial charge in [0.15, 0.2) is 0 Å². The van der Waals surface area contributed by atoms with Crippen LogP contribution in [0, 0.1) is 5.92 Å². The molecule has 0 saturated carbocycles. The van der Waals surface area contributed by atoms with Gasteiger partial charge in [-0.15, -0.1) is 0 Å². The summed E-state index contributed by atoms with van der Waals surface area (Å²) in [5.41, 5.74) is 7.76. The van der Waals surface area contributed by atoms with Crippen LogP contribution in [0.2, 0.25) is 0 Å². The Kier molecular flexibility index (Phi) is 5.04. The van der Waals surface area contributed by atoms with Crippen LogP contribution < -0.4 is 5.46 Å². The Morgan fingerprint density at radius 1 is 0.771 bits per heavy atom. The lowest BCUT2D eigenvalue weighted by molar-refractivity contribution is 0.00578. The molecular weight excluding hydrogens is 427 g/mol. The van der Waals surface area contributed by atoms with E-state index < -0.39 is 7.12 Å². The maximum atomic E-state index is 6.57.